The quantitative estimate of drug-likeness (QED) is 0.0145. The number of hydrogen-bond acceptors (Lipinski definition) is 25. The van der Waals surface area contributed by atoms with Crippen LogP contribution in [-0.2, 0) is 109 Å². The Bertz CT molecular complexity index is 5370. The van der Waals surface area contributed by atoms with E-state index in [1.807, 2.05) is 7.05 Å². The highest BCUT2D eigenvalue weighted by molar-refractivity contribution is 6.07. The molecule has 15 amide bonds. The van der Waals surface area contributed by atoms with Gasteiger partial charge in [-0.1, -0.05) is 5.16 Å². The molecule has 0 unspecified atom stereocenters. The number of ether oxygens (including phenoxy) is 3. The normalized spacial score (nSPS) is 11.2. The van der Waals surface area contributed by atoms with Gasteiger partial charge in [0.1, 0.15) is 22.8 Å². The van der Waals surface area contributed by atoms with Crippen molar-refractivity contribution in [1.82, 2.24) is 104 Å². The lowest BCUT2D eigenvalue weighted by molar-refractivity contribution is -0.126. The molecule has 8 rings (SSSR count). The average molecular weight is 1840 g/mol. The molecule has 8 heterocycles. The van der Waals surface area contributed by atoms with E-state index in [9.17, 15) is 71.9 Å². The van der Waals surface area contributed by atoms with Gasteiger partial charge < -0.3 is 140 Å². The molecule has 48 heteroatoms. The highest BCUT2D eigenvalue weighted by Gasteiger charge is 2.25. The van der Waals surface area contributed by atoms with Crippen LogP contribution in [0.15, 0.2) is 85.2 Å². The number of aryl methyl sites for hydroxylation is 8. The molecule has 0 aliphatic rings. The molecule has 0 spiro atoms. The molecule has 15 N–H and O–H groups in total. The van der Waals surface area contributed by atoms with E-state index in [0.29, 0.717) is 116 Å². The first kappa shape index (κ1) is 103. The summed E-state index contributed by atoms with van der Waals surface area (Å²) in [4.78, 5) is 216. The first-order valence-electron chi connectivity index (χ1n) is 42.8. The molecule has 0 fully saturated rings. The highest BCUT2D eigenvalue weighted by Crippen LogP contribution is 2.21. The van der Waals surface area contributed by atoms with Crippen LogP contribution in [0.25, 0.3) is 0 Å². The molecular formula is C84H119N29O19. The van der Waals surface area contributed by atoms with E-state index in [1.54, 1.807) is 80.3 Å². The second-order valence-electron chi connectivity index (χ2n) is 30.8. The summed E-state index contributed by atoms with van der Waals surface area (Å²) in [5.41, 5.74) is 2.58. The third-order valence-electron chi connectivity index (χ3n) is 19.6. The minimum Gasteiger partial charge on any atom is -0.386 e. The van der Waals surface area contributed by atoms with E-state index < -0.39 is 65.0 Å². The largest absolute Gasteiger partial charge is 0.386 e. The number of anilines is 7. The van der Waals surface area contributed by atoms with Crippen molar-refractivity contribution in [2.24, 2.45) is 61.5 Å². The van der Waals surface area contributed by atoms with Crippen LogP contribution in [0.1, 0.15) is 175 Å². The minimum absolute atomic E-state index is 0.0287. The van der Waals surface area contributed by atoms with E-state index in [1.165, 1.54) is 107 Å². The standard InChI is InChI=1S/C84H119N29O19/c1-54(104-132-53-72(120)88-28-17-37-130-39-41-131-40-38-129-36-16-27-85-55(2)114)18-12-19-67(115)86-25-14-33-105(3)34-15-26-87-68(116)21-29-91-78(122)62-44-58(48-109(62)7)97-84(128)76-103-66(52-113(76)11)100-71(119)23-31-93-80(124)63-45-59(49-110(63)8)96-82(126)74-101-64(50-111(74)9)98-69(117)20-13-24-90-77(121)60-43-57(47-107(60)5)95-83(127)75-102-65(51-112(75)10)99-70(118)22-30-92-79(123)61-42-56(46-108(61)6)94-81(125)73-89-32-35-106(73)4/h32,35,42-52H,12-31,33-34,36-41,53H2,1-11H3,(H,85,114)(H,86,115)(H,87,116)(H,88,120)(H,90,121)(H,91,122)(H,92,123)(H,93,124)(H,94,125)(H,95,127)(H,96,126)(H,97,128)(H,98,117)(H,99,118)(H,100,119)/b104-54+. The molecule has 0 atom stereocenters. The number of amides is 15. The number of imidazole rings is 4. The van der Waals surface area contributed by atoms with Gasteiger partial charge in [0.2, 0.25) is 52.9 Å². The van der Waals surface area contributed by atoms with E-state index in [-0.39, 0.29) is 169 Å². The first-order valence-corrected chi connectivity index (χ1v) is 42.8. The molecule has 714 valence electrons. The number of oxime groups is 1. The summed E-state index contributed by atoms with van der Waals surface area (Å²) in [5, 5.41) is 44.7. The Morgan fingerprint density at radius 1 is 0.326 bits per heavy atom. The molecule has 0 aliphatic heterocycles. The molecule has 0 saturated carbocycles. The molecule has 0 bridgehead atoms. The van der Waals surface area contributed by atoms with Crippen molar-refractivity contribution in [1.29, 1.82) is 0 Å². The van der Waals surface area contributed by atoms with E-state index >= 15 is 0 Å². The number of aromatic nitrogens is 12. The molecule has 132 heavy (non-hydrogen) atoms. The summed E-state index contributed by atoms with van der Waals surface area (Å²) in [6, 6.07) is 5.82. The Morgan fingerprint density at radius 3 is 1.05 bits per heavy atom. The monoisotopic (exact) mass is 1840 g/mol. The van der Waals surface area contributed by atoms with Crippen molar-refractivity contribution in [2.75, 3.05) is 156 Å². The smallest absolute Gasteiger partial charge is 0.291 e. The van der Waals surface area contributed by atoms with Gasteiger partial charge in [-0.25, -0.2) is 19.9 Å². The van der Waals surface area contributed by atoms with E-state index in [4.69, 9.17) is 19.0 Å². The van der Waals surface area contributed by atoms with Gasteiger partial charge in [0, 0.05) is 217 Å². The van der Waals surface area contributed by atoms with Crippen LogP contribution in [0, 0.1) is 0 Å². The maximum atomic E-state index is 13.5. The third kappa shape index (κ3) is 34.7. The maximum absolute atomic E-state index is 13.5. The molecule has 8 aromatic rings. The SMILES string of the molecule is CC(=O)NCCCOCCOCCOCCCNC(=O)CO/N=C(\C)CCCC(=O)NCCCN(C)CCCNC(=O)CCNC(=O)c1cc(NC(=O)c2nc(NC(=O)CCNC(=O)c3cc(NC(=O)c4nc(NC(=O)CCCNC(=O)c5cc(NC(=O)c6nc(NC(=O)CCNC(=O)c7cc(NC(=O)c8nccn8C)cn7C)cn6C)cn5C)cn4C)cn3C)cn2C)cn1C. The van der Waals surface area contributed by atoms with Gasteiger partial charge in [-0.15, -0.1) is 0 Å². The number of nitrogens with zero attached hydrogens (tertiary/aromatic N) is 14. The topological polar surface area (TPSA) is 580 Å². The Balaban J connectivity index is 0.623. The van der Waals surface area contributed by atoms with Gasteiger partial charge >= 0.3 is 0 Å². The summed E-state index contributed by atoms with van der Waals surface area (Å²) in [7, 11) is 14.7. The Morgan fingerprint density at radius 2 is 0.659 bits per heavy atom. The van der Waals surface area contributed by atoms with Crippen molar-refractivity contribution in [3.8, 4) is 0 Å². The molecule has 48 nitrogen and oxygen atoms in total. The predicted octanol–water partition coefficient (Wildman–Crippen LogP) is 1.36. The van der Waals surface area contributed by atoms with Gasteiger partial charge in [-0.05, 0) is 96.3 Å². The maximum Gasteiger partial charge on any atom is 0.291 e. The van der Waals surface area contributed by atoms with Crippen molar-refractivity contribution < 1.29 is 91.0 Å². The van der Waals surface area contributed by atoms with Crippen LogP contribution in [-0.4, -0.2) is 274 Å². The number of carbonyl (C=O) groups excluding carboxylic acids is 15. The third-order valence-corrected chi connectivity index (χ3v) is 19.6. The number of hydrogen-bond donors (Lipinski definition) is 15. The average Bonchev–Trinajstić information content (AvgIpc) is 1.69. The fourth-order valence-electron chi connectivity index (χ4n) is 12.9. The van der Waals surface area contributed by atoms with Crippen LogP contribution in [0.2, 0.25) is 0 Å². The molecule has 8 aromatic heterocycles. The lowest BCUT2D eigenvalue weighted by Gasteiger charge is -2.16. The van der Waals surface area contributed by atoms with Crippen molar-refractivity contribution in [2.45, 2.75) is 90.9 Å². The van der Waals surface area contributed by atoms with Gasteiger partial charge in [0.05, 0.1) is 54.9 Å². The lowest BCUT2D eigenvalue weighted by atomic mass is 10.2. The molecular weight excluding hydrogens is 1720 g/mol. The number of rotatable bonds is 57. The first-order chi connectivity index (χ1) is 63.2. The second-order valence-corrected chi connectivity index (χ2v) is 30.8. The van der Waals surface area contributed by atoms with Crippen LogP contribution in [0.5, 0.6) is 0 Å². The van der Waals surface area contributed by atoms with E-state index in [2.05, 4.69) is 110 Å². The van der Waals surface area contributed by atoms with Crippen molar-refractivity contribution in [3.63, 3.8) is 0 Å². The van der Waals surface area contributed by atoms with Gasteiger partial charge in [0.15, 0.2) is 29.9 Å². The second kappa shape index (κ2) is 52.7. The molecule has 0 radical (unpaired) electrons. The van der Waals surface area contributed by atoms with Crippen LogP contribution in [0.4, 0.5) is 40.2 Å². The summed E-state index contributed by atoms with van der Waals surface area (Å²) < 4.78 is 28.1. The summed E-state index contributed by atoms with van der Waals surface area (Å²) in [5.74, 6) is -6.43. The zero-order chi connectivity index (χ0) is 95.8. The molecule has 0 saturated heterocycles. The zero-order valence-corrected chi connectivity index (χ0v) is 76.0. The Kier molecular flexibility index (Phi) is 41.0. The predicted molar refractivity (Wildman–Crippen MR) is 484 cm³/mol. The highest BCUT2D eigenvalue weighted by atomic mass is 16.6. The van der Waals surface area contributed by atoms with Gasteiger partial charge in [-0.3, -0.25) is 71.9 Å². The Hall–Kier alpha value is -14.7. The van der Waals surface area contributed by atoms with Crippen LogP contribution < -0.4 is 79.8 Å². The lowest BCUT2D eigenvalue weighted by Crippen LogP contribution is -2.33. The Labute approximate surface area is 760 Å². The summed E-state index contributed by atoms with van der Waals surface area (Å²) in [6.45, 7) is 9.15. The number of carbonyl (C=O) groups is 15. The van der Waals surface area contributed by atoms with Crippen molar-refractivity contribution in [3.05, 3.63) is 126 Å². The number of nitrogens with one attached hydrogen (secondary N) is 15. The van der Waals surface area contributed by atoms with Gasteiger partial charge in [0.25, 0.3) is 53.2 Å². The van der Waals surface area contributed by atoms with Crippen LogP contribution >= 0.6 is 0 Å². The van der Waals surface area contributed by atoms with Crippen LogP contribution in [0.3, 0.4) is 0 Å². The summed E-state index contributed by atoms with van der Waals surface area (Å²) in [6.07, 6.45) is 17.6. The fraction of sp³-hybridized carbons (Fsp3) is 0.476. The fourth-order valence-corrected chi connectivity index (χ4v) is 12.9. The van der Waals surface area contributed by atoms with Crippen molar-refractivity contribution >= 4 is 135 Å². The van der Waals surface area contributed by atoms with E-state index in [0.717, 1.165) is 19.4 Å². The minimum atomic E-state index is -0.664. The van der Waals surface area contributed by atoms with Gasteiger partial charge in [-0.2, -0.15) is 0 Å². The molecule has 0 aromatic carbocycles. The molecule has 0 aliphatic carbocycles. The zero-order valence-electron chi connectivity index (χ0n) is 76.0. The summed E-state index contributed by atoms with van der Waals surface area (Å²) >= 11 is 0.